The molecule has 1 aromatic rings. The van der Waals surface area contributed by atoms with Crippen molar-refractivity contribution in [3.05, 3.63) is 35.6 Å². The number of hydrogen-bond donors (Lipinski definition) is 1. The third-order valence-corrected chi connectivity index (χ3v) is 4.43. The monoisotopic (exact) mass is 249 g/mol. The lowest BCUT2D eigenvalue weighted by molar-refractivity contribution is 0.195. The van der Waals surface area contributed by atoms with Crippen molar-refractivity contribution in [2.75, 3.05) is 0 Å². The smallest absolute Gasteiger partial charge is 0.123 e. The molecule has 18 heavy (non-hydrogen) atoms. The molecule has 2 heteroatoms. The number of nitrogens with two attached hydrogens (primary N) is 1. The summed E-state index contributed by atoms with van der Waals surface area (Å²) in [5, 5.41) is 0. The Labute approximate surface area is 110 Å². The van der Waals surface area contributed by atoms with Gasteiger partial charge in [-0.3, -0.25) is 0 Å². The molecule has 1 fully saturated rings. The highest BCUT2D eigenvalue weighted by atomic mass is 19.1. The first-order chi connectivity index (χ1) is 8.70. The van der Waals surface area contributed by atoms with Crippen LogP contribution in [0.5, 0.6) is 0 Å². The predicted molar refractivity (Wildman–Crippen MR) is 73.8 cm³/mol. The molecule has 0 aromatic heterocycles. The van der Waals surface area contributed by atoms with Gasteiger partial charge in [0, 0.05) is 6.04 Å². The van der Waals surface area contributed by atoms with E-state index in [1.54, 1.807) is 0 Å². The van der Waals surface area contributed by atoms with Crippen molar-refractivity contribution in [2.45, 2.75) is 51.5 Å². The first kappa shape index (κ1) is 13.5. The molecule has 100 valence electrons. The van der Waals surface area contributed by atoms with E-state index in [1.807, 2.05) is 12.1 Å². The molecular weight excluding hydrogens is 225 g/mol. The third kappa shape index (κ3) is 3.32. The third-order valence-electron chi connectivity index (χ3n) is 4.43. The van der Waals surface area contributed by atoms with Gasteiger partial charge in [-0.05, 0) is 42.4 Å². The van der Waals surface area contributed by atoms with Crippen LogP contribution >= 0.6 is 0 Å². The van der Waals surface area contributed by atoms with Crippen LogP contribution in [0.3, 0.4) is 0 Å². The minimum atomic E-state index is -0.170. The van der Waals surface area contributed by atoms with Gasteiger partial charge in [-0.2, -0.15) is 0 Å². The van der Waals surface area contributed by atoms with Crippen molar-refractivity contribution >= 4 is 0 Å². The Morgan fingerprint density at radius 3 is 2.56 bits per heavy atom. The van der Waals surface area contributed by atoms with Crippen LogP contribution in [0.1, 0.15) is 44.6 Å². The summed E-state index contributed by atoms with van der Waals surface area (Å²) in [5.74, 6) is 1.26. The molecule has 3 unspecified atom stereocenters. The number of hydrogen-bond acceptors (Lipinski definition) is 1. The van der Waals surface area contributed by atoms with Crippen molar-refractivity contribution in [3.63, 3.8) is 0 Å². The Bertz CT molecular complexity index is 360. The van der Waals surface area contributed by atoms with Gasteiger partial charge >= 0.3 is 0 Å². The molecule has 1 nitrogen and oxygen atoms in total. The molecule has 0 bridgehead atoms. The van der Waals surface area contributed by atoms with Gasteiger partial charge in [0.25, 0.3) is 0 Å². The second kappa shape index (κ2) is 6.33. The Balaban J connectivity index is 1.97. The normalized spacial score (nSPS) is 25.9. The highest BCUT2D eigenvalue weighted by molar-refractivity contribution is 5.17. The molecule has 2 N–H and O–H groups in total. The zero-order chi connectivity index (χ0) is 13.0. The van der Waals surface area contributed by atoms with Gasteiger partial charge in [-0.1, -0.05) is 44.7 Å². The van der Waals surface area contributed by atoms with Crippen LogP contribution in [0.15, 0.2) is 24.3 Å². The van der Waals surface area contributed by atoms with E-state index >= 15 is 0 Å². The summed E-state index contributed by atoms with van der Waals surface area (Å²) < 4.78 is 12.9. The first-order valence-electron chi connectivity index (χ1n) is 7.20. The fourth-order valence-corrected chi connectivity index (χ4v) is 3.35. The zero-order valence-electron chi connectivity index (χ0n) is 11.2. The second-order valence-corrected chi connectivity index (χ2v) is 5.61. The fourth-order valence-electron chi connectivity index (χ4n) is 3.35. The zero-order valence-corrected chi connectivity index (χ0v) is 11.2. The van der Waals surface area contributed by atoms with Gasteiger partial charge in [0.1, 0.15) is 5.82 Å². The Kier molecular flexibility index (Phi) is 4.76. The number of benzene rings is 1. The number of rotatable bonds is 4. The van der Waals surface area contributed by atoms with E-state index < -0.39 is 0 Å². The molecule has 0 amide bonds. The van der Waals surface area contributed by atoms with Crippen LogP contribution in [-0.2, 0) is 6.42 Å². The maximum absolute atomic E-state index is 12.9. The summed E-state index contributed by atoms with van der Waals surface area (Å²) in [6.07, 6.45) is 7.39. The molecule has 0 heterocycles. The van der Waals surface area contributed by atoms with E-state index in [0.29, 0.717) is 5.92 Å². The van der Waals surface area contributed by atoms with Crippen LogP contribution in [0.25, 0.3) is 0 Å². The Morgan fingerprint density at radius 1 is 1.22 bits per heavy atom. The molecule has 1 aliphatic carbocycles. The lowest BCUT2D eigenvalue weighted by atomic mass is 9.73. The maximum Gasteiger partial charge on any atom is 0.123 e. The predicted octanol–water partition coefficient (Wildman–Crippen LogP) is 3.91. The van der Waals surface area contributed by atoms with E-state index in [4.69, 9.17) is 5.73 Å². The average molecular weight is 249 g/mol. The highest BCUT2D eigenvalue weighted by Crippen LogP contribution is 2.34. The van der Waals surface area contributed by atoms with Crippen LogP contribution in [-0.4, -0.2) is 6.04 Å². The summed E-state index contributed by atoms with van der Waals surface area (Å²) in [6.45, 7) is 2.27. The minimum absolute atomic E-state index is 0.170. The molecule has 1 aromatic carbocycles. The largest absolute Gasteiger partial charge is 0.327 e. The van der Waals surface area contributed by atoms with Crippen molar-refractivity contribution in [3.8, 4) is 0 Å². The fraction of sp³-hybridized carbons (Fsp3) is 0.625. The topological polar surface area (TPSA) is 26.0 Å². The lowest BCUT2D eigenvalue weighted by Crippen LogP contribution is -2.38. The molecule has 0 radical (unpaired) electrons. The summed E-state index contributed by atoms with van der Waals surface area (Å²) in [4.78, 5) is 0. The standard InChI is InChI=1S/C16H24FN/c1-2-13-5-3-4-6-15(13)16(18)11-12-7-9-14(17)10-8-12/h7-10,13,15-16H,2-6,11,18H2,1H3. The Morgan fingerprint density at radius 2 is 1.89 bits per heavy atom. The van der Waals surface area contributed by atoms with Crippen molar-refractivity contribution in [1.29, 1.82) is 0 Å². The average Bonchev–Trinajstić information content (AvgIpc) is 2.41. The van der Waals surface area contributed by atoms with Crippen molar-refractivity contribution in [2.24, 2.45) is 17.6 Å². The molecule has 1 saturated carbocycles. The van der Waals surface area contributed by atoms with Crippen molar-refractivity contribution in [1.82, 2.24) is 0 Å². The summed E-state index contributed by atoms with van der Waals surface area (Å²) in [6, 6.07) is 7.00. The molecule has 2 rings (SSSR count). The van der Waals surface area contributed by atoms with Gasteiger partial charge in [0.2, 0.25) is 0 Å². The highest BCUT2D eigenvalue weighted by Gasteiger charge is 2.28. The molecule has 3 atom stereocenters. The van der Waals surface area contributed by atoms with Gasteiger partial charge in [0.15, 0.2) is 0 Å². The second-order valence-electron chi connectivity index (χ2n) is 5.61. The molecular formula is C16H24FN. The van der Waals surface area contributed by atoms with E-state index in [0.717, 1.165) is 17.9 Å². The van der Waals surface area contributed by atoms with Gasteiger partial charge in [-0.25, -0.2) is 4.39 Å². The molecule has 0 spiro atoms. The molecule has 1 aliphatic rings. The first-order valence-corrected chi connectivity index (χ1v) is 7.20. The van der Waals surface area contributed by atoms with E-state index in [2.05, 4.69) is 6.92 Å². The van der Waals surface area contributed by atoms with E-state index in [9.17, 15) is 4.39 Å². The minimum Gasteiger partial charge on any atom is -0.327 e. The van der Waals surface area contributed by atoms with Gasteiger partial charge in [-0.15, -0.1) is 0 Å². The van der Waals surface area contributed by atoms with E-state index in [-0.39, 0.29) is 11.9 Å². The van der Waals surface area contributed by atoms with Crippen molar-refractivity contribution < 1.29 is 4.39 Å². The van der Waals surface area contributed by atoms with Crippen LogP contribution in [0, 0.1) is 17.7 Å². The quantitative estimate of drug-likeness (QED) is 0.860. The summed E-state index contributed by atoms with van der Waals surface area (Å²) >= 11 is 0. The van der Waals surface area contributed by atoms with Gasteiger partial charge in [0.05, 0.1) is 0 Å². The maximum atomic E-state index is 12.9. The molecule has 0 aliphatic heterocycles. The van der Waals surface area contributed by atoms with Crippen LogP contribution < -0.4 is 5.73 Å². The number of halogens is 1. The Hall–Kier alpha value is -0.890. The van der Waals surface area contributed by atoms with E-state index in [1.165, 1.54) is 44.2 Å². The molecule has 0 saturated heterocycles. The van der Waals surface area contributed by atoms with Crippen LogP contribution in [0.2, 0.25) is 0 Å². The summed E-state index contributed by atoms with van der Waals surface area (Å²) in [5.41, 5.74) is 7.55. The lowest BCUT2D eigenvalue weighted by Gasteiger charge is -2.35. The van der Waals surface area contributed by atoms with Crippen LogP contribution in [0.4, 0.5) is 4.39 Å². The summed E-state index contributed by atoms with van der Waals surface area (Å²) in [7, 11) is 0. The van der Waals surface area contributed by atoms with Gasteiger partial charge < -0.3 is 5.73 Å². The SMILES string of the molecule is CCC1CCCCC1C(N)Cc1ccc(F)cc1.